The third-order valence-electron chi connectivity index (χ3n) is 2.42. The fourth-order valence-corrected chi connectivity index (χ4v) is 1.48. The van der Waals surface area contributed by atoms with Gasteiger partial charge in [-0.05, 0) is 14.0 Å². The van der Waals surface area contributed by atoms with Gasteiger partial charge in [0.15, 0.2) is 5.60 Å². The Hall–Kier alpha value is -0.290. The monoisotopic (exact) mass is 183 g/mol. The highest BCUT2D eigenvalue weighted by molar-refractivity contribution is 4.98. The summed E-state index contributed by atoms with van der Waals surface area (Å²) in [6, 6.07) is -0.211. The zero-order valence-corrected chi connectivity index (χ0v) is 7.02. The lowest BCUT2D eigenvalue weighted by Gasteiger charge is -2.25. The highest BCUT2D eigenvalue weighted by Gasteiger charge is 2.58. The average Bonchev–Trinajstić information content (AvgIpc) is 2.06. The van der Waals surface area contributed by atoms with Crippen molar-refractivity contribution in [1.29, 1.82) is 0 Å². The minimum atomic E-state index is -4.51. The maximum Gasteiger partial charge on any atom is 0.418 e. The summed E-state index contributed by atoms with van der Waals surface area (Å²) in [5.74, 6) is 0. The van der Waals surface area contributed by atoms with E-state index in [9.17, 15) is 18.3 Å². The predicted molar refractivity (Wildman–Crippen MR) is 37.7 cm³/mol. The summed E-state index contributed by atoms with van der Waals surface area (Å²) in [6.07, 6.45) is -4.74. The van der Waals surface area contributed by atoms with E-state index >= 15 is 0 Å². The lowest BCUT2D eigenvalue weighted by atomic mass is 10.0. The predicted octanol–water partition coefficient (Wildman–Crippen LogP) is 1.00. The molecule has 0 amide bonds. The number of nitrogens with zero attached hydrogens (tertiary/aromatic N) is 1. The van der Waals surface area contributed by atoms with Crippen molar-refractivity contribution in [2.24, 2.45) is 0 Å². The van der Waals surface area contributed by atoms with Gasteiger partial charge < -0.3 is 10.0 Å². The second-order valence-electron chi connectivity index (χ2n) is 3.50. The average molecular weight is 183 g/mol. The molecule has 0 saturated carbocycles. The molecule has 0 radical (unpaired) electrons. The third kappa shape index (κ3) is 1.43. The van der Waals surface area contributed by atoms with Crippen LogP contribution >= 0.6 is 0 Å². The van der Waals surface area contributed by atoms with E-state index in [1.165, 1.54) is 4.90 Å². The van der Waals surface area contributed by atoms with E-state index in [1.807, 2.05) is 0 Å². The second kappa shape index (κ2) is 2.60. The Kier molecular flexibility index (Phi) is 2.12. The van der Waals surface area contributed by atoms with Crippen molar-refractivity contribution in [3.63, 3.8) is 0 Å². The molecule has 0 aromatic heterocycles. The van der Waals surface area contributed by atoms with Crippen molar-refractivity contribution < 1.29 is 18.3 Å². The Bertz CT molecular complexity index is 170. The molecule has 1 unspecified atom stereocenters. The molecule has 0 bridgehead atoms. The molecule has 1 saturated heterocycles. The first kappa shape index (κ1) is 9.80. The number of likely N-dealkylation sites (N-methyl/N-ethyl adjacent to an activating group) is 1. The molecule has 0 aliphatic carbocycles. The molecule has 0 aromatic rings. The Balaban J connectivity index is 2.77. The lowest BCUT2D eigenvalue weighted by molar-refractivity contribution is -0.253. The van der Waals surface area contributed by atoms with Crippen molar-refractivity contribution in [2.45, 2.75) is 31.2 Å². The van der Waals surface area contributed by atoms with Crippen molar-refractivity contribution in [3.05, 3.63) is 0 Å². The lowest BCUT2D eigenvalue weighted by Crippen LogP contribution is -2.46. The molecule has 0 spiro atoms. The highest BCUT2D eigenvalue weighted by atomic mass is 19.4. The van der Waals surface area contributed by atoms with E-state index in [2.05, 4.69) is 0 Å². The summed E-state index contributed by atoms with van der Waals surface area (Å²) in [4.78, 5) is 1.51. The number of β-amino-alcohol motifs (C(OH)–C–C–N with tert-alkyl or cyclic N) is 1. The Labute approximate surface area is 69.0 Å². The Morgan fingerprint density at radius 3 is 2.17 bits per heavy atom. The smallest absolute Gasteiger partial charge is 0.379 e. The van der Waals surface area contributed by atoms with Crippen LogP contribution in [-0.4, -0.2) is 41.4 Å². The molecular formula is C7H12F3NO. The summed E-state index contributed by atoms with van der Waals surface area (Å²) < 4.78 is 36.6. The van der Waals surface area contributed by atoms with Gasteiger partial charge in [0.1, 0.15) is 0 Å². The van der Waals surface area contributed by atoms with Gasteiger partial charge in [0.25, 0.3) is 0 Å². The van der Waals surface area contributed by atoms with Crippen molar-refractivity contribution >= 4 is 0 Å². The van der Waals surface area contributed by atoms with Crippen LogP contribution in [-0.2, 0) is 0 Å². The molecule has 1 fully saturated rings. The van der Waals surface area contributed by atoms with E-state index in [1.54, 1.807) is 14.0 Å². The summed E-state index contributed by atoms with van der Waals surface area (Å²) in [7, 11) is 1.58. The molecular weight excluding hydrogens is 171 g/mol. The Morgan fingerprint density at radius 2 is 2.00 bits per heavy atom. The standard InChI is InChI=1S/C7H12F3NO/c1-5-3-6(12,4-11(5)2)7(8,9)10/h5,12H,3-4H2,1-2H3/t5?,6-/m0/s1. The van der Waals surface area contributed by atoms with E-state index in [-0.39, 0.29) is 19.0 Å². The third-order valence-corrected chi connectivity index (χ3v) is 2.42. The van der Waals surface area contributed by atoms with Crippen LogP contribution < -0.4 is 0 Å². The number of alkyl halides is 3. The largest absolute Gasteiger partial charge is 0.418 e. The normalized spacial score (nSPS) is 39.0. The number of aliphatic hydroxyl groups is 1. The molecule has 1 rings (SSSR count). The molecule has 0 aromatic carbocycles. The van der Waals surface area contributed by atoms with Crippen LogP contribution in [0.15, 0.2) is 0 Å². The van der Waals surface area contributed by atoms with Crippen LogP contribution in [0.4, 0.5) is 13.2 Å². The van der Waals surface area contributed by atoms with Crippen LogP contribution in [0.25, 0.3) is 0 Å². The van der Waals surface area contributed by atoms with Crippen molar-refractivity contribution in [3.8, 4) is 0 Å². The zero-order chi connectivity index (χ0) is 9.57. The first-order valence-electron chi connectivity index (χ1n) is 3.75. The van der Waals surface area contributed by atoms with E-state index in [0.717, 1.165) is 0 Å². The van der Waals surface area contributed by atoms with Gasteiger partial charge in [-0.2, -0.15) is 13.2 Å². The van der Waals surface area contributed by atoms with Crippen molar-refractivity contribution in [2.75, 3.05) is 13.6 Å². The SMILES string of the molecule is CC1C[C@@](O)(C(F)(F)F)CN1C. The molecule has 2 nitrogen and oxygen atoms in total. The second-order valence-corrected chi connectivity index (χ2v) is 3.50. The number of halogens is 3. The maximum atomic E-state index is 12.2. The first-order valence-corrected chi connectivity index (χ1v) is 3.75. The molecule has 1 N–H and O–H groups in total. The van der Waals surface area contributed by atoms with Gasteiger partial charge in [-0.15, -0.1) is 0 Å². The number of hydrogen-bond donors (Lipinski definition) is 1. The van der Waals surface area contributed by atoms with E-state index in [0.29, 0.717) is 0 Å². The summed E-state index contributed by atoms with van der Waals surface area (Å²) in [6.45, 7) is 1.35. The van der Waals surface area contributed by atoms with Gasteiger partial charge in [0.2, 0.25) is 0 Å². The van der Waals surface area contributed by atoms with Gasteiger partial charge in [0.05, 0.1) is 0 Å². The van der Waals surface area contributed by atoms with Crippen LogP contribution in [0.1, 0.15) is 13.3 Å². The van der Waals surface area contributed by atoms with Crippen LogP contribution in [0.3, 0.4) is 0 Å². The molecule has 1 heterocycles. The number of likely N-dealkylation sites (tertiary alicyclic amines) is 1. The summed E-state index contributed by atoms with van der Waals surface area (Å²) in [5, 5.41) is 9.20. The minimum Gasteiger partial charge on any atom is -0.379 e. The van der Waals surface area contributed by atoms with Crippen LogP contribution in [0, 0.1) is 0 Å². The Morgan fingerprint density at radius 1 is 1.50 bits per heavy atom. The molecule has 12 heavy (non-hydrogen) atoms. The number of hydrogen-bond acceptors (Lipinski definition) is 2. The number of rotatable bonds is 0. The van der Waals surface area contributed by atoms with Crippen molar-refractivity contribution in [1.82, 2.24) is 4.90 Å². The quantitative estimate of drug-likeness (QED) is 0.605. The first-order chi connectivity index (χ1) is 5.26. The molecule has 5 heteroatoms. The molecule has 1 aliphatic rings. The van der Waals surface area contributed by atoms with Gasteiger partial charge in [-0.1, -0.05) is 0 Å². The zero-order valence-electron chi connectivity index (χ0n) is 7.02. The van der Waals surface area contributed by atoms with Crippen LogP contribution in [0.2, 0.25) is 0 Å². The van der Waals surface area contributed by atoms with E-state index in [4.69, 9.17) is 0 Å². The van der Waals surface area contributed by atoms with E-state index < -0.39 is 11.8 Å². The fraction of sp³-hybridized carbons (Fsp3) is 1.00. The molecule has 1 aliphatic heterocycles. The van der Waals surface area contributed by atoms with Gasteiger partial charge in [0, 0.05) is 19.0 Å². The topological polar surface area (TPSA) is 23.5 Å². The summed E-state index contributed by atoms with van der Waals surface area (Å²) in [5.41, 5.74) is -2.50. The highest BCUT2D eigenvalue weighted by Crippen LogP contribution is 2.39. The molecule has 72 valence electrons. The van der Waals surface area contributed by atoms with Crippen LogP contribution in [0.5, 0.6) is 0 Å². The minimum absolute atomic E-state index is 0.211. The molecule has 2 atom stereocenters. The summed E-state index contributed by atoms with van der Waals surface area (Å²) >= 11 is 0. The van der Waals surface area contributed by atoms with Gasteiger partial charge in [-0.25, -0.2) is 0 Å². The maximum absolute atomic E-state index is 12.2. The van der Waals surface area contributed by atoms with Gasteiger partial charge >= 0.3 is 6.18 Å². The van der Waals surface area contributed by atoms with Gasteiger partial charge in [-0.3, -0.25) is 0 Å². The fourth-order valence-electron chi connectivity index (χ4n) is 1.48.